The quantitative estimate of drug-likeness (QED) is 0.612. The molecule has 2 aromatic carbocycles. The number of carbonyl (C=O) groups excluding carboxylic acids is 1. The maximum atomic E-state index is 12.2. The fourth-order valence-corrected chi connectivity index (χ4v) is 2.77. The van der Waals surface area contributed by atoms with E-state index in [1.807, 2.05) is 43.3 Å². The molecule has 0 amide bonds. The topological polar surface area (TPSA) is 35.5 Å². The molecule has 0 fully saturated rings. The molecular formula is C17H13BrO3. The van der Waals surface area contributed by atoms with Crippen LogP contribution >= 0.6 is 15.9 Å². The predicted molar refractivity (Wildman–Crippen MR) is 84.8 cm³/mol. The highest BCUT2D eigenvalue weighted by Gasteiger charge is 2.17. The van der Waals surface area contributed by atoms with Crippen molar-refractivity contribution in [2.45, 2.75) is 6.92 Å². The molecule has 0 saturated carbocycles. The van der Waals surface area contributed by atoms with Crippen LogP contribution in [0.3, 0.4) is 0 Å². The molecule has 0 radical (unpaired) electrons. The first-order chi connectivity index (χ1) is 10.1. The second-order valence-corrected chi connectivity index (χ2v) is 5.60. The first-order valence-electron chi connectivity index (χ1n) is 6.52. The summed E-state index contributed by atoms with van der Waals surface area (Å²) in [5.74, 6) is 1.38. The Morgan fingerprint density at radius 3 is 2.86 bits per heavy atom. The number of hydrogen-bond donors (Lipinski definition) is 0. The van der Waals surface area contributed by atoms with Gasteiger partial charge in [0.05, 0.1) is 4.47 Å². The summed E-state index contributed by atoms with van der Waals surface area (Å²) in [5.41, 5.74) is 2.57. The summed E-state index contributed by atoms with van der Waals surface area (Å²) in [4.78, 5) is 12.2. The normalized spacial score (nSPS) is 12.9. The molecule has 1 aliphatic heterocycles. The van der Waals surface area contributed by atoms with Gasteiger partial charge in [-0.1, -0.05) is 30.3 Å². The number of hydrogen-bond acceptors (Lipinski definition) is 3. The smallest absolute Gasteiger partial charge is 0.231 e. The maximum Gasteiger partial charge on any atom is 0.231 e. The summed E-state index contributed by atoms with van der Waals surface area (Å²) in [6, 6.07) is 11.3. The summed E-state index contributed by atoms with van der Waals surface area (Å²) in [6.07, 6.45) is 3.35. The average molecular weight is 345 g/mol. The maximum absolute atomic E-state index is 12.2. The van der Waals surface area contributed by atoms with Crippen molar-refractivity contribution in [3.8, 4) is 11.5 Å². The zero-order chi connectivity index (χ0) is 14.8. The molecule has 3 nitrogen and oxygen atoms in total. The minimum Gasteiger partial charge on any atom is -0.454 e. The number of halogens is 1. The van der Waals surface area contributed by atoms with Gasteiger partial charge in [0, 0.05) is 5.56 Å². The lowest BCUT2D eigenvalue weighted by atomic mass is 10.0. The van der Waals surface area contributed by atoms with Crippen molar-refractivity contribution in [2.75, 3.05) is 6.79 Å². The second kappa shape index (κ2) is 5.74. The van der Waals surface area contributed by atoms with Gasteiger partial charge in [-0.15, -0.1) is 0 Å². The molecule has 0 saturated heterocycles. The molecule has 1 aliphatic rings. The van der Waals surface area contributed by atoms with Gasteiger partial charge in [-0.05, 0) is 52.2 Å². The van der Waals surface area contributed by atoms with Crippen molar-refractivity contribution in [1.82, 2.24) is 0 Å². The zero-order valence-corrected chi connectivity index (χ0v) is 13.0. The van der Waals surface area contributed by atoms with Crippen LogP contribution in [0.1, 0.15) is 21.5 Å². The number of benzene rings is 2. The third-order valence-corrected chi connectivity index (χ3v) is 3.88. The van der Waals surface area contributed by atoms with E-state index in [9.17, 15) is 4.79 Å². The van der Waals surface area contributed by atoms with Crippen molar-refractivity contribution in [3.05, 3.63) is 63.6 Å². The highest BCUT2D eigenvalue weighted by molar-refractivity contribution is 9.10. The van der Waals surface area contributed by atoms with E-state index in [-0.39, 0.29) is 12.6 Å². The number of allylic oxidation sites excluding steroid dienone is 1. The first kappa shape index (κ1) is 13.9. The van der Waals surface area contributed by atoms with Gasteiger partial charge in [0.25, 0.3) is 0 Å². The molecule has 0 aliphatic carbocycles. The van der Waals surface area contributed by atoms with Gasteiger partial charge < -0.3 is 9.47 Å². The summed E-state index contributed by atoms with van der Waals surface area (Å²) >= 11 is 3.44. The molecule has 0 aromatic heterocycles. The minimum atomic E-state index is -0.0121. The molecule has 4 heteroatoms. The molecule has 3 rings (SSSR count). The van der Waals surface area contributed by atoms with Gasteiger partial charge in [0.1, 0.15) is 0 Å². The van der Waals surface area contributed by atoms with Crippen molar-refractivity contribution < 1.29 is 14.3 Å². The third kappa shape index (κ3) is 2.85. The fourth-order valence-electron chi connectivity index (χ4n) is 2.19. The van der Waals surface area contributed by atoms with Gasteiger partial charge >= 0.3 is 0 Å². The lowest BCUT2D eigenvalue weighted by molar-refractivity contribution is 0.104. The van der Waals surface area contributed by atoms with Gasteiger partial charge in [-0.2, -0.15) is 0 Å². The monoisotopic (exact) mass is 344 g/mol. The van der Waals surface area contributed by atoms with Crippen LogP contribution in [0.2, 0.25) is 0 Å². The van der Waals surface area contributed by atoms with Crippen LogP contribution in [0.4, 0.5) is 0 Å². The highest BCUT2D eigenvalue weighted by Crippen LogP contribution is 2.40. The lowest BCUT2D eigenvalue weighted by Gasteiger charge is -2.02. The molecule has 0 spiro atoms. The van der Waals surface area contributed by atoms with Crippen LogP contribution in [0, 0.1) is 6.92 Å². The van der Waals surface area contributed by atoms with Crippen LogP contribution in [0.25, 0.3) is 6.08 Å². The Labute approximate surface area is 131 Å². The van der Waals surface area contributed by atoms with Crippen LogP contribution in [-0.2, 0) is 0 Å². The molecule has 0 N–H and O–H groups in total. The largest absolute Gasteiger partial charge is 0.454 e. The van der Waals surface area contributed by atoms with Crippen LogP contribution in [0.5, 0.6) is 11.5 Å². The van der Waals surface area contributed by atoms with Crippen LogP contribution < -0.4 is 9.47 Å². The van der Waals surface area contributed by atoms with E-state index in [4.69, 9.17) is 9.47 Å². The van der Waals surface area contributed by atoms with Crippen molar-refractivity contribution in [3.63, 3.8) is 0 Å². The van der Waals surface area contributed by atoms with Gasteiger partial charge in [-0.25, -0.2) is 0 Å². The lowest BCUT2D eigenvalue weighted by Crippen LogP contribution is -1.96. The second-order valence-electron chi connectivity index (χ2n) is 4.75. The summed E-state index contributed by atoms with van der Waals surface area (Å²) in [6.45, 7) is 2.15. The van der Waals surface area contributed by atoms with Crippen molar-refractivity contribution >= 4 is 27.8 Å². The third-order valence-electron chi connectivity index (χ3n) is 3.29. The van der Waals surface area contributed by atoms with E-state index in [2.05, 4.69) is 15.9 Å². The number of ketones is 1. The Kier molecular flexibility index (Phi) is 3.80. The molecule has 21 heavy (non-hydrogen) atoms. The summed E-state index contributed by atoms with van der Waals surface area (Å²) < 4.78 is 11.5. The SMILES string of the molecule is Cc1ccccc1C(=O)/C=C/c1cc(Br)c2c(c1)OCO2. The van der Waals surface area contributed by atoms with Gasteiger partial charge in [0.15, 0.2) is 17.3 Å². The minimum absolute atomic E-state index is 0.0121. The Morgan fingerprint density at radius 1 is 1.24 bits per heavy atom. The van der Waals surface area contributed by atoms with Crippen LogP contribution in [-0.4, -0.2) is 12.6 Å². The summed E-state index contributed by atoms with van der Waals surface area (Å²) in [5, 5.41) is 0. The molecule has 0 bridgehead atoms. The Morgan fingerprint density at radius 2 is 2.05 bits per heavy atom. The molecule has 1 heterocycles. The Balaban J connectivity index is 1.85. The van der Waals surface area contributed by atoms with Crippen LogP contribution in [0.15, 0.2) is 46.9 Å². The van der Waals surface area contributed by atoms with E-state index < -0.39 is 0 Å². The standard InChI is InChI=1S/C17H13BrO3/c1-11-4-2-3-5-13(11)15(19)7-6-12-8-14(18)17-16(9-12)20-10-21-17/h2-9H,10H2,1H3/b7-6+. The molecule has 2 aromatic rings. The number of rotatable bonds is 3. The highest BCUT2D eigenvalue weighted by atomic mass is 79.9. The Bertz CT molecular complexity index is 735. The Hall–Kier alpha value is -2.07. The predicted octanol–water partition coefficient (Wildman–Crippen LogP) is 4.38. The van der Waals surface area contributed by atoms with E-state index in [1.54, 1.807) is 12.2 Å². The number of carbonyl (C=O) groups is 1. The molecule has 0 unspecified atom stereocenters. The molecule has 0 atom stereocenters. The van der Waals surface area contributed by atoms with Crippen molar-refractivity contribution in [2.24, 2.45) is 0 Å². The number of aryl methyl sites for hydroxylation is 1. The molecular weight excluding hydrogens is 332 g/mol. The zero-order valence-electron chi connectivity index (χ0n) is 11.4. The van der Waals surface area contributed by atoms with Gasteiger partial charge in [0.2, 0.25) is 6.79 Å². The van der Waals surface area contributed by atoms with E-state index in [0.29, 0.717) is 17.1 Å². The number of fused-ring (bicyclic) bond motifs is 1. The summed E-state index contributed by atoms with van der Waals surface area (Å²) in [7, 11) is 0. The molecule has 106 valence electrons. The van der Waals surface area contributed by atoms with Gasteiger partial charge in [-0.3, -0.25) is 4.79 Å². The van der Waals surface area contributed by atoms with E-state index in [0.717, 1.165) is 15.6 Å². The van der Waals surface area contributed by atoms with E-state index in [1.165, 1.54) is 0 Å². The first-order valence-corrected chi connectivity index (χ1v) is 7.31. The number of ether oxygens (including phenoxy) is 2. The fraction of sp³-hybridized carbons (Fsp3) is 0.118. The van der Waals surface area contributed by atoms with Crippen molar-refractivity contribution in [1.29, 1.82) is 0 Å². The average Bonchev–Trinajstić information content (AvgIpc) is 2.94. The van der Waals surface area contributed by atoms with E-state index >= 15 is 0 Å².